The van der Waals surface area contributed by atoms with E-state index in [2.05, 4.69) is 19.2 Å². The van der Waals surface area contributed by atoms with Crippen LogP contribution in [0, 0.1) is 17.6 Å². The fraction of sp³-hybridized carbons (Fsp3) is 0.600. The Balaban J connectivity index is 2.13. The lowest BCUT2D eigenvalue weighted by atomic mass is 9.88. The highest BCUT2D eigenvalue weighted by Crippen LogP contribution is 2.40. The zero-order chi connectivity index (χ0) is 13.1. The van der Waals surface area contributed by atoms with E-state index in [1.54, 1.807) is 12.1 Å². The van der Waals surface area contributed by atoms with Gasteiger partial charge in [-0.3, -0.25) is 0 Å². The van der Waals surface area contributed by atoms with Crippen LogP contribution in [0.3, 0.4) is 0 Å². The molecule has 2 rings (SSSR count). The van der Waals surface area contributed by atoms with Gasteiger partial charge in [0.25, 0.3) is 0 Å². The van der Waals surface area contributed by atoms with Crippen molar-refractivity contribution < 1.29 is 8.78 Å². The third kappa shape index (κ3) is 2.89. The minimum atomic E-state index is -0.727. The predicted molar refractivity (Wildman–Crippen MR) is 69.6 cm³/mol. The standard InChI is InChI=1S/C15H21F2N/c1-10(2)18-9-11-5-3-6-12(11)13-7-4-8-14(16)15(13)17/h4,7-8,10-12,18H,3,5-6,9H2,1-2H3. The monoisotopic (exact) mass is 253 g/mol. The second-order valence-corrected chi connectivity index (χ2v) is 5.50. The van der Waals surface area contributed by atoms with E-state index in [-0.39, 0.29) is 5.92 Å². The molecule has 100 valence electrons. The molecular formula is C15H21F2N. The van der Waals surface area contributed by atoms with Crippen molar-refractivity contribution in [1.82, 2.24) is 5.32 Å². The highest BCUT2D eigenvalue weighted by Gasteiger charge is 2.30. The van der Waals surface area contributed by atoms with Crippen molar-refractivity contribution in [3.63, 3.8) is 0 Å². The van der Waals surface area contributed by atoms with Gasteiger partial charge in [0.2, 0.25) is 0 Å². The van der Waals surface area contributed by atoms with Gasteiger partial charge in [-0.25, -0.2) is 8.78 Å². The molecule has 0 aliphatic heterocycles. The van der Waals surface area contributed by atoms with Crippen molar-refractivity contribution in [1.29, 1.82) is 0 Å². The van der Waals surface area contributed by atoms with Crippen LogP contribution in [0.2, 0.25) is 0 Å². The molecule has 2 unspecified atom stereocenters. The van der Waals surface area contributed by atoms with E-state index >= 15 is 0 Å². The second kappa shape index (κ2) is 5.79. The summed E-state index contributed by atoms with van der Waals surface area (Å²) in [7, 11) is 0. The number of hydrogen-bond acceptors (Lipinski definition) is 1. The molecule has 1 fully saturated rings. The first-order valence-corrected chi connectivity index (χ1v) is 6.77. The quantitative estimate of drug-likeness (QED) is 0.859. The normalized spacial score (nSPS) is 23.8. The van der Waals surface area contributed by atoms with E-state index < -0.39 is 11.6 Å². The molecule has 1 saturated carbocycles. The third-order valence-electron chi connectivity index (χ3n) is 3.83. The zero-order valence-corrected chi connectivity index (χ0v) is 11.0. The van der Waals surface area contributed by atoms with Gasteiger partial charge in [-0.15, -0.1) is 0 Å². The van der Waals surface area contributed by atoms with Crippen LogP contribution in [0.4, 0.5) is 8.78 Å². The molecule has 1 nitrogen and oxygen atoms in total. The van der Waals surface area contributed by atoms with Crippen LogP contribution in [0.15, 0.2) is 18.2 Å². The topological polar surface area (TPSA) is 12.0 Å². The fourth-order valence-electron chi connectivity index (χ4n) is 2.88. The zero-order valence-electron chi connectivity index (χ0n) is 11.0. The number of benzene rings is 1. The number of hydrogen-bond donors (Lipinski definition) is 1. The minimum Gasteiger partial charge on any atom is -0.314 e. The van der Waals surface area contributed by atoms with Crippen LogP contribution in [-0.2, 0) is 0 Å². The van der Waals surface area contributed by atoms with Crippen LogP contribution in [-0.4, -0.2) is 12.6 Å². The SMILES string of the molecule is CC(C)NCC1CCCC1c1cccc(F)c1F. The molecule has 1 aliphatic carbocycles. The summed E-state index contributed by atoms with van der Waals surface area (Å²) in [4.78, 5) is 0. The maximum absolute atomic E-state index is 13.8. The summed E-state index contributed by atoms with van der Waals surface area (Å²) in [6.07, 6.45) is 3.16. The molecule has 0 radical (unpaired) electrons. The van der Waals surface area contributed by atoms with Crippen molar-refractivity contribution in [2.75, 3.05) is 6.54 Å². The summed E-state index contributed by atoms with van der Waals surface area (Å²) in [6, 6.07) is 4.97. The van der Waals surface area contributed by atoms with Crippen molar-refractivity contribution in [2.45, 2.75) is 45.1 Å². The van der Waals surface area contributed by atoms with Crippen molar-refractivity contribution >= 4 is 0 Å². The van der Waals surface area contributed by atoms with Crippen LogP contribution >= 0.6 is 0 Å². The van der Waals surface area contributed by atoms with Gasteiger partial charge in [0.15, 0.2) is 11.6 Å². The smallest absolute Gasteiger partial charge is 0.162 e. The molecule has 1 N–H and O–H groups in total. The Kier molecular flexibility index (Phi) is 4.33. The van der Waals surface area contributed by atoms with E-state index in [0.29, 0.717) is 17.5 Å². The Morgan fingerprint density at radius 2 is 2.06 bits per heavy atom. The van der Waals surface area contributed by atoms with Crippen LogP contribution in [0.1, 0.15) is 44.6 Å². The summed E-state index contributed by atoms with van der Waals surface area (Å²) in [5.74, 6) is -0.801. The van der Waals surface area contributed by atoms with E-state index in [1.165, 1.54) is 6.07 Å². The largest absolute Gasteiger partial charge is 0.314 e. The summed E-state index contributed by atoms with van der Waals surface area (Å²) >= 11 is 0. The van der Waals surface area contributed by atoms with E-state index in [9.17, 15) is 8.78 Å². The Labute approximate surface area is 108 Å². The Morgan fingerprint density at radius 1 is 1.28 bits per heavy atom. The van der Waals surface area contributed by atoms with E-state index in [4.69, 9.17) is 0 Å². The van der Waals surface area contributed by atoms with Gasteiger partial charge < -0.3 is 5.32 Å². The van der Waals surface area contributed by atoms with Gasteiger partial charge in [0, 0.05) is 6.04 Å². The molecule has 0 amide bonds. The molecule has 0 aromatic heterocycles. The third-order valence-corrected chi connectivity index (χ3v) is 3.83. The molecule has 2 atom stereocenters. The molecule has 0 spiro atoms. The Morgan fingerprint density at radius 3 is 2.78 bits per heavy atom. The van der Waals surface area contributed by atoms with Gasteiger partial charge in [0.05, 0.1) is 0 Å². The lowest BCUT2D eigenvalue weighted by molar-refractivity contribution is 0.406. The molecule has 1 aliphatic rings. The molecule has 0 saturated heterocycles. The summed E-state index contributed by atoms with van der Waals surface area (Å²) in [6.45, 7) is 5.09. The molecule has 1 aromatic carbocycles. The first kappa shape index (κ1) is 13.5. The molecule has 0 bridgehead atoms. The van der Waals surface area contributed by atoms with E-state index in [0.717, 1.165) is 25.8 Å². The maximum Gasteiger partial charge on any atom is 0.162 e. The van der Waals surface area contributed by atoms with E-state index in [1.807, 2.05) is 0 Å². The minimum absolute atomic E-state index is 0.159. The fourth-order valence-corrected chi connectivity index (χ4v) is 2.88. The summed E-state index contributed by atoms with van der Waals surface area (Å²) in [5.41, 5.74) is 0.558. The second-order valence-electron chi connectivity index (χ2n) is 5.50. The van der Waals surface area contributed by atoms with Gasteiger partial charge in [-0.05, 0) is 42.9 Å². The molecule has 0 heterocycles. The van der Waals surface area contributed by atoms with Crippen molar-refractivity contribution in [2.24, 2.45) is 5.92 Å². The first-order chi connectivity index (χ1) is 8.59. The average Bonchev–Trinajstić information content (AvgIpc) is 2.78. The molecule has 18 heavy (non-hydrogen) atoms. The lowest BCUT2D eigenvalue weighted by Crippen LogP contribution is -2.30. The highest BCUT2D eigenvalue weighted by molar-refractivity contribution is 5.24. The Bertz CT molecular complexity index is 403. The van der Waals surface area contributed by atoms with Crippen LogP contribution in [0.5, 0.6) is 0 Å². The van der Waals surface area contributed by atoms with Crippen molar-refractivity contribution in [3.05, 3.63) is 35.4 Å². The molecule has 3 heteroatoms. The molecule has 1 aromatic rings. The summed E-state index contributed by atoms with van der Waals surface area (Å²) < 4.78 is 27.1. The molecular weight excluding hydrogens is 232 g/mol. The van der Waals surface area contributed by atoms with Gasteiger partial charge >= 0.3 is 0 Å². The first-order valence-electron chi connectivity index (χ1n) is 6.77. The number of halogens is 2. The van der Waals surface area contributed by atoms with Crippen LogP contribution in [0.25, 0.3) is 0 Å². The van der Waals surface area contributed by atoms with Gasteiger partial charge in [-0.2, -0.15) is 0 Å². The van der Waals surface area contributed by atoms with Gasteiger partial charge in [-0.1, -0.05) is 32.4 Å². The number of nitrogens with one attached hydrogen (secondary N) is 1. The highest BCUT2D eigenvalue weighted by atomic mass is 19.2. The Hall–Kier alpha value is -0.960. The number of rotatable bonds is 4. The summed E-state index contributed by atoms with van der Waals surface area (Å²) in [5, 5.41) is 3.41. The van der Waals surface area contributed by atoms with Crippen molar-refractivity contribution in [3.8, 4) is 0 Å². The van der Waals surface area contributed by atoms with Crippen LogP contribution < -0.4 is 5.32 Å². The predicted octanol–water partition coefficient (Wildman–Crippen LogP) is 3.85. The lowest BCUT2D eigenvalue weighted by Gasteiger charge is -2.22. The average molecular weight is 253 g/mol. The maximum atomic E-state index is 13.8. The van der Waals surface area contributed by atoms with Gasteiger partial charge in [0.1, 0.15) is 0 Å².